The van der Waals surface area contributed by atoms with E-state index in [0.717, 1.165) is 12.1 Å². The van der Waals surface area contributed by atoms with Gasteiger partial charge in [0.05, 0.1) is 11.1 Å². The first kappa shape index (κ1) is 17.1. The van der Waals surface area contributed by atoms with E-state index in [1.54, 1.807) is 11.0 Å². The summed E-state index contributed by atoms with van der Waals surface area (Å²) in [5.41, 5.74) is 0.229. The topological polar surface area (TPSA) is 50.5 Å². The van der Waals surface area contributed by atoms with Crippen LogP contribution in [0.5, 0.6) is 0 Å². The van der Waals surface area contributed by atoms with Crippen LogP contribution in [0.3, 0.4) is 0 Å². The van der Waals surface area contributed by atoms with E-state index in [-0.39, 0.29) is 5.91 Å². The number of alkyl halides is 3. The van der Waals surface area contributed by atoms with Crippen LogP contribution in [-0.2, 0) is 6.18 Å². The van der Waals surface area contributed by atoms with Crippen molar-refractivity contribution in [3.05, 3.63) is 65.1 Å². The summed E-state index contributed by atoms with van der Waals surface area (Å²) >= 11 is 0. The summed E-state index contributed by atoms with van der Waals surface area (Å²) in [4.78, 5) is 15.8. The van der Waals surface area contributed by atoms with Crippen molar-refractivity contribution in [2.45, 2.75) is 6.18 Å². The Bertz CT molecular complexity index is 754. The molecule has 132 valence electrons. The van der Waals surface area contributed by atoms with Crippen molar-refractivity contribution < 1.29 is 22.7 Å². The number of amides is 1. The molecule has 1 aliphatic rings. The van der Waals surface area contributed by atoms with Gasteiger partial charge >= 0.3 is 6.18 Å². The molecule has 0 bridgehead atoms. The number of carbonyl (C=O) groups excluding carboxylic acids is 1. The fourth-order valence-electron chi connectivity index (χ4n) is 2.78. The van der Waals surface area contributed by atoms with Gasteiger partial charge < -0.3 is 15.0 Å². The summed E-state index contributed by atoms with van der Waals surface area (Å²) in [6, 6.07) is 8.10. The Labute approximate surface area is 142 Å². The number of halogens is 3. The molecule has 1 saturated heterocycles. The zero-order valence-corrected chi connectivity index (χ0v) is 13.2. The number of anilines is 1. The van der Waals surface area contributed by atoms with Crippen LogP contribution in [0, 0.1) is 5.21 Å². The van der Waals surface area contributed by atoms with Gasteiger partial charge in [0.25, 0.3) is 5.91 Å². The zero-order chi connectivity index (χ0) is 18.0. The average molecular weight is 351 g/mol. The van der Waals surface area contributed by atoms with E-state index in [9.17, 15) is 23.2 Å². The summed E-state index contributed by atoms with van der Waals surface area (Å²) in [6.45, 7) is 1.70. The van der Waals surface area contributed by atoms with Gasteiger partial charge in [-0.15, -0.1) is 0 Å². The highest BCUT2D eigenvalue weighted by Crippen LogP contribution is 2.31. The zero-order valence-electron chi connectivity index (χ0n) is 13.2. The van der Waals surface area contributed by atoms with E-state index in [0.29, 0.717) is 42.2 Å². The van der Waals surface area contributed by atoms with Gasteiger partial charge in [0, 0.05) is 44.0 Å². The van der Waals surface area contributed by atoms with Crippen molar-refractivity contribution >= 4 is 11.6 Å². The van der Waals surface area contributed by atoms with Gasteiger partial charge in [0.15, 0.2) is 12.4 Å². The molecule has 25 heavy (non-hydrogen) atoms. The number of piperazine rings is 1. The van der Waals surface area contributed by atoms with Crippen LogP contribution >= 0.6 is 0 Å². The lowest BCUT2D eigenvalue weighted by atomic mass is 10.1. The maximum atomic E-state index is 12.8. The Balaban J connectivity index is 1.66. The van der Waals surface area contributed by atoms with Gasteiger partial charge in [-0.05, 0) is 18.2 Å². The lowest BCUT2D eigenvalue weighted by molar-refractivity contribution is -0.605. The van der Waals surface area contributed by atoms with E-state index in [1.165, 1.54) is 30.6 Å². The van der Waals surface area contributed by atoms with Gasteiger partial charge in [-0.2, -0.15) is 17.9 Å². The molecule has 0 unspecified atom stereocenters. The molecule has 2 aromatic rings. The maximum Gasteiger partial charge on any atom is 0.416 e. The molecule has 1 fully saturated rings. The minimum Gasteiger partial charge on any atom is -0.619 e. The molecule has 0 aliphatic carbocycles. The molecule has 8 heteroatoms. The predicted molar refractivity (Wildman–Crippen MR) is 85.0 cm³/mol. The van der Waals surface area contributed by atoms with Gasteiger partial charge in [-0.3, -0.25) is 4.79 Å². The molecular weight excluding hydrogens is 335 g/mol. The number of carbonyl (C=O) groups is 1. The molecule has 1 aromatic heterocycles. The van der Waals surface area contributed by atoms with Crippen molar-refractivity contribution in [1.82, 2.24) is 4.90 Å². The van der Waals surface area contributed by atoms with Crippen molar-refractivity contribution in [3.63, 3.8) is 0 Å². The van der Waals surface area contributed by atoms with E-state index in [2.05, 4.69) is 0 Å². The van der Waals surface area contributed by atoms with E-state index >= 15 is 0 Å². The molecule has 1 aromatic carbocycles. The third-order valence-electron chi connectivity index (χ3n) is 4.15. The average Bonchev–Trinajstić information content (AvgIpc) is 2.61. The molecule has 1 aliphatic heterocycles. The third-order valence-corrected chi connectivity index (χ3v) is 4.15. The van der Waals surface area contributed by atoms with Crippen LogP contribution in [-0.4, -0.2) is 37.0 Å². The van der Waals surface area contributed by atoms with Gasteiger partial charge in [-0.25, -0.2) is 0 Å². The fraction of sp³-hybridized carbons (Fsp3) is 0.294. The van der Waals surface area contributed by atoms with Crippen LogP contribution in [0.15, 0.2) is 48.8 Å². The second-order valence-electron chi connectivity index (χ2n) is 5.77. The van der Waals surface area contributed by atoms with Crippen LogP contribution in [0.4, 0.5) is 18.9 Å². The first-order valence-electron chi connectivity index (χ1n) is 7.75. The third kappa shape index (κ3) is 3.84. The Kier molecular flexibility index (Phi) is 4.52. The second kappa shape index (κ2) is 6.62. The molecule has 0 atom stereocenters. The highest BCUT2D eigenvalue weighted by molar-refractivity contribution is 5.94. The Morgan fingerprint density at radius 2 is 1.68 bits per heavy atom. The van der Waals surface area contributed by atoms with Crippen LogP contribution in [0.1, 0.15) is 15.9 Å². The largest absolute Gasteiger partial charge is 0.619 e. The normalized spacial score (nSPS) is 15.3. The SMILES string of the molecule is O=C(c1cc[n+]([O-])cc1)N1CCN(c2cccc(C(F)(F)F)c2)CC1. The van der Waals surface area contributed by atoms with Gasteiger partial charge in [-0.1, -0.05) is 6.07 Å². The molecule has 0 spiro atoms. The lowest BCUT2D eigenvalue weighted by Gasteiger charge is -2.36. The lowest BCUT2D eigenvalue weighted by Crippen LogP contribution is -2.49. The van der Waals surface area contributed by atoms with E-state index < -0.39 is 11.7 Å². The summed E-state index contributed by atoms with van der Waals surface area (Å²) in [7, 11) is 0. The minimum absolute atomic E-state index is 0.190. The second-order valence-corrected chi connectivity index (χ2v) is 5.77. The number of hydrogen-bond acceptors (Lipinski definition) is 3. The summed E-state index contributed by atoms with van der Waals surface area (Å²) in [6.07, 6.45) is -1.86. The smallest absolute Gasteiger partial charge is 0.416 e. The molecule has 0 N–H and O–H groups in total. The van der Waals surface area contributed by atoms with Crippen LogP contribution in [0.2, 0.25) is 0 Å². The first-order chi connectivity index (χ1) is 11.8. The molecule has 1 amide bonds. The monoisotopic (exact) mass is 351 g/mol. The molecular formula is C17H16F3N3O2. The number of aromatic nitrogens is 1. The predicted octanol–water partition coefficient (Wildman–Crippen LogP) is 2.30. The molecule has 5 nitrogen and oxygen atoms in total. The van der Waals surface area contributed by atoms with Crippen LogP contribution < -0.4 is 9.63 Å². The number of benzene rings is 1. The highest BCUT2D eigenvalue weighted by Gasteiger charge is 2.31. The highest BCUT2D eigenvalue weighted by atomic mass is 19.4. The standard InChI is InChI=1S/C17H16F3N3O2/c18-17(19,20)14-2-1-3-15(12-14)21-8-10-22(11-9-21)16(24)13-4-6-23(25)7-5-13/h1-7,12H,8-11H2. The van der Waals surface area contributed by atoms with E-state index in [4.69, 9.17) is 0 Å². The summed E-state index contributed by atoms with van der Waals surface area (Å²) in [5.74, 6) is -0.190. The summed E-state index contributed by atoms with van der Waals surface area (Å²) < 4.78 is 39.1. The quantitative estimate of drug-likeness (QED) is 0.616. The number of hydrogen-bond donors (Lipinski definition) is 0. The van der Waals surface area contributed by atoms with Crippen molar-refractivity contribution in [2.24, 2.45) is 0 Å². The van der Waals surface area contributed by atoms with Gasteiger partial charge in [0.1, 0.15) is 0 Å². The van der Waals surface area contributed by atoms with Gasteiger partial charge in [0.2, 0.25) is 0 Å². The van der Waals surface area contributed by atoms with Crippen LogP contribution in [0.25, 0.3) is 0 Å². The number of nitrogens with zero attached hydrogens (tertiary/aromatic N) is 3. The van der Waals surface area contributed by atoms with E-state index in [1.807, 2.05) is 4.90 Å². The molecule has 0 saturated carbocycles. The maximum absolute atomic E-state index is 12.8. The first-order valence-corrected chi connectivity index (χ1v) is 7.75. The van der Waals surface area contributed by atoms with Crippen molar-refractivity contribution in [3.8, 4) is 0 Å². The Hall–Kier alpha value is -2.77. The Morgan fingerprint density at radius 3 is 2.28 bits per heavy atom. The molecule has 0 radical (unpaired) electrons. The Morgan fingerprint density at radius 1 is 1.04 bits per heavy atom. The summed E-state index contributed by atoms with van der Waals surface area (Å²) in [5, 5.41) is 11.0. The number of rotatable bonds is 2. The van der Waals surface area contributed by atoms with Crippen molar-refractivity contribution in [2.75, 3.05) is 31.1 Å². The molecule has 3 rings (SSSR count). The van der Waals surface area contributed by atoms with Crippen molar-refractivity contribution in [1.29, 1.82) is 0 Å². The fourth-order valence-corrected chi connectivity index (χ4v) is 2.78. The molecule has 2 heterocycles. The minimum atomic E-state index is -4.38. The number of pyridine rings is 1.